The van der Waals surface area contributed by atoms with Gasteiger partial charge in [0.1, 0.15) is 6.07 Å². The zero-order valence-corrected chi connectivity index (χ0v) is 13.6. The summed E-state index contributed by atoms with van der Waals surface area (Å²) < 4.78 is 3.11. The largest absolute Gasteiger partial charge is 0.363 e. The van der Waals surface area contributed by atoms with Crippen LogP contribution in [0.2, 0.25) is 0 Å². The Bertz CT molecular complexity index is 720. The zero-order valence-electron chi connectivity index (χ0n) is 12.1. The Hall–Kier alpha value is -1.87. The van der Waals surface area contributed by atoms with Crippen LogP contribution in [0.4, 0.5) is 5.69 Å². The van der Waals surface area contributed by atoms with Crippen LogP contribution in [0, 0.1) is 11.3 Å². The first-order valence-electron chi connectivity index (χ1n) is 7.59. The molecule has 4 rings (SSSR count). The smallest absolute Gasteiger partial charge is 0.163 e. The van der Waals surface area contributed by atoms with E-state index >= 15 is 0 Å². The predicted octanol–water partition coefficient (Wildman–Crippen LogP) is 3.28. The number of pyridine rings is 1. The van der Waals surface area contributed by atoms with Gasteiger partial charge in [-0.1, -0.05) is 0 Å². The van der Waals surface area contributed by atoms with Crippen molar-refractivity contribution in [1.29, 1.82) is 5.26 Å². The Balaban J connectivity index is 1.63. The summed E-state index contributed by atoms with van der Waals surface area (Å²) in [5, 5.41) is 13.8. The van der Waals surface area contributed by atoms with E-state index in [0.717, 1.165) is 23.0 Å². The van der Waals surface area contributed by atoms with Crippen molar-refractivity contribution in [1.82, 2.24) is 14.8 Å². The van der Waals surface area contributed by atoms with Crippen molar-refractivity contribution in [3.05, 3.63) is 40.9 Å². The summed E-state index contributed by atoms with van der Waals surface area (Å²) in [5.74, 6) is 0. The molecule has 0 amide bonds. The first-order valence-corrected chi connectivity index (χ1v) is 8.38. The average molecular weight is 358 g/mol. The Morgan fingerprint density at radius 2 is 2.00 bits per heavy atom. The average Bonchev–Trinajstić information content (AvgIpc) is 3.08. The minimum atomic E-state index is 0.447. The number of hydrogen-bond acceptors (Lipinski definition) is 4. The maximum absolute atomic E-state index is 9.32. The second-order valence-electron chi connectivity index (χ2n) is 6.04. The first kappa shape index (κ1) is 13.8. The van der Waals surface area contributed by atoms with E-state index < -0.39 is 0 Å². The molecule has 2 aromatic rings. The number of anilines is 1. The van der Waals surface area contributed by atoms with Crippen molar-refractivity contribution in [3.8, 4) is 6.07 Å². The highest BCUT2D eigenvalue weighted by Gasteiger charge is 2.42. The normalized spacial score (nSPS) is 26.9. The van der Waals surface area contributed by atoms with E-state index in [4.69, 9.17) is 0 Å². The maximum atomic E-state index is 9.32. The summed E-state index contributed by atoms with van der Waals surface area (Å²) in [4.78, 5) is 6.65. The van der Waals surface area contributed by atoms with Gasteiger partial charge in [0.2, 0.25) is 0 Å². The molecule has 0 N–H and O–H groups in total. The summed E-state index contributed by atoms with van der Waals surface area (Å²) in [7, 11) is 0. The Labute approximate surface area is 137 Å². The van der Waals surface area contributed by atoms with Crippen LogP contribution >= 0.6 is 15.9 Å². The highest BCUT2D eigenvalue weighted by atomic mass is 79.9. The number of halogens is 1. The predicted molar refractivity (Wildman–Crippen MR) is 86.4 cm³/mol. The van der Waals surface area contributed by atoms with Crippen LogP contribution < -0.4 is 4.90 Å². The van der Waals surface area contributed by atoms with Crippen molar-refractivity contribution in [2.45, 2.75) is 43.8 Å². The van der Waals surface area contributed by atoms with Crippen LogP contribution in [0.1, 0.15) is 37.4 Å². The molecule has 0 aromatic carbocycles. The summed E-state index contributed by atoms with van der Waals surface area (Å²) in [6.07, 6.45) is 10.1. The van der Waals surface area contributed by atoms with Gasteiger partial charge in [-0.15, -0.1) is 0 Å². The summed E-state index contributed by atoms with van der Waals surface area (Å²) >= 11 is 3.47. The fourth-order valence-corrected chi connectivity index (χ4v) is 4.26. The van der Waals surface area contributed by atoms with Crippen molar-refractivity contribution in [2.75, 3.05) is 4.90 Å². The lowest BCUT2D eigenvalue weighted by molar-refractivity contribution is 0.314. The molecule has 2 saturated heterocycles. The summed E-state index contributed by atoms with van der Waals surface area (Å²) in [6.45, 7) is 0. The number of aromatic nitrogens is 3. The molecule has 2 aromatic heterocycles. The van der Waals surface area contributed by atoms with Gasteiger partial charge in [0.05, 0.1) is 22.4 Å². The van der Waals surface area contributed by atoms with E-state index in [2.05, 4.69) is 47.9 Å². The molecule has 2 bridgehead atoms. The Morgan fingerprint density at radius 3 is 2.64 bits per heavy atom. The molecule has 2 atom stereocenters. The van der Waals surface area contributed by atoms with E-state index in [0.29, 0.717) is 23.8 Å². The number of hydrogen-bond donors (Lipinski definition) is 0. The quantitative estimate of drug-likeness (QED) is 0.827. The SMILES string of the molecule is N#Cc1ncccc1N1C2CCC1CC(n1cc(Br)cn1)C2. The van der Waals surface area contributed by atoms with Crippen molar-refractivity contribution in [3.63, 3.8) is 0 Å². The van der Waals surface area contributed by atoms with E-state index in [9.17, 15) is 5.26 Å². The third-order valence-electron chi connectivity index (χ3n) is 4.82. The van der Waals surface area contributed by atoms with E-state index in [-0.39, 0.29) is 0 Å². The van der Waals surface area contributed by atoms with Crippen LogP contribution in [0.3, 0.4) is 0 Å². The topological polar surface area (TPSA) is 57.7 Å². The van der Waals surface area contributed by atoms with Gasteiger partial charge in [-0.05, 0) is 53.7 Å². The Kier molecular flexibility index (Phi) is 3.38. The maximum Gasteiger partial charge on any atom is 0.163 e. The van der Waals surface area contributed by atoms with Gasteiger partial charge in [-0.3, -0.25) is 4.68 Å². The second kappa shape index (κ2) is 5.40. The zero-order chi connectivity index (χ0) is 15.1. The van der Waals surface area contributed by atoms with E-state index in [1.165, 1.54) is 12.8 Å². The van der Waals surface area contributed by atoms with Crippen molar-refractivity contribution >= 4 is 21.6 Å². The van der Waals surface area contributed by atoms with Gasteiger partial charge in [-0.2, -0.15) is 10.4 Å². The number of nitriles is 1. The molecule has 0 radical (unpaired) electrons. The summed E-state index contributed by atoms with van der Waals surface area (Å²) in [5.41, 5.74) is 1.54. The lowest BCUT2D eigenvalue weighted by Crippen LogP contribution is -2.44. The number of piperidine rings is 1. The van der Waals surface area contributed by atoms with Crippen LogP contribution in [-0.4, -0.2) is 26.8 Å². The fraction of sp³-hybridized carbons (Fsp3) is 0.438. The molecule has 0 aliphatic carbocycles. The lowest BCUT2D eigenvalue weighted by Gasteiger charge is -2.40. The van der Waals surface area contributed by atoms with Crippen molar-refractivity contribution < 1.29 is 0 Å². The molecular formula is C16H16BrN5. The van der Waals surface area contributed by atoms with Crippen LogP contribution in [-0.2, 0) is 0 Å². The molecule has 0 saturated carbocycles. The fourth-order valence-electron chi connectivity index (χ4n) is 3.96. The molecule has 2 aliphatic heterocycles. The molecule has 6 heteroatoms. The number of fused-ring (bicyclic) bond motifs is 2. The van der Waals surface area contributed by atoms with Crippen LogP contribution in [0.15, 0.2) is 35.2 Å². The lowest BCUT2D eigenvalue weighted by atomic mass is 9.96. The van der Waals surface area contributed by atoms with Crippen LogP contribution in [0.5, 0.6) is 0 Å². The Morgan fingerprint density at radius 1 is 1.23 bits per heavy atom. The van der Waals surface area contributed by atoms with E-state index in [1.807, 2.05) is 18.3 Å². The molecule has 22 heavy (non-hydrogen) atoms. The standard InChI is InChI=1S/C16H16BrN5/c17-11-9-20-21(10-11)14-6-12-3-4-13(7-14)22(12)16-2-1-5-19-15(16)8-18/h1-2,5,9-10,12-14H,3-4,6-7H2. The minimum Gasteiger partial charge on any atom is -0.363 e. The van der Waals surface area contributed by atoms with Gasteiger partial charge in [0, 0.05) is 24.5 Å². The monoisotopic (exact) mass is 357 g/mol. The van der Waals surface area contributed by atoms with Crippen LogP contribution in [0.25, 0.3) is 0 Å². The van der Waals surface area contributed by atoms with Gasteiger partial charge in [-0.25, -0.2) is 4.98 Å². The molecule has 0 spiro atoms. The minimum absolute atomic E-state index is 0.447. The molecule has 2 aliphatic rings. The number of rotatable bonds is 2. The first-order chi connectivity index (χ1) is 10.8. The third-order valence-corrected chi connectivity index (χ3v) is 5.23. The van der Waals surface area contributed by atoms with Gasteiger partial charge >= 0.3 is 0 Å². The molecule has 112 valence electrons. The number of nitrogens with zero attached hydrogens (tertiary/aromatic N) is 5. The molecule has 5 nitrogen and oxygen atoms in total. The van der Waals surface area contributed by atoms with Gasteiger partial charge < -0.3 is 4.90 Å². The van der Waals surface area contributed by atoms with Gasteiger partial charge in [0.25, 0.3) is 0 Å². The second-order valence-corrected chi connectivity index (χ2v) is 6.95. The third kappa shape index (κ3) is 2.20. The van der Waals surface area contributed by atoms with Crippen molar-refractivity contribution in [2.24, 2.45) is 0 Å². The summed E-state index contributed by atoms with van der Waals surface area (Å²) in [6, 6.07) is 7.58. The van der Waals surface area contributed by atoms with Gasteiger partial charge in [0.15, 0.2) is 5.69 Å². The molecular weight excluding hydrogens is 342 g/mol. The highest BCUT2D eigenvalue weighted by Crippen LogP contribution is 2.43. The molecule has 2 fully saturated rings. The highest BCUT2D eigenvalue weighted by molar-refractivity contribution is 9.10. The van der Waals surface area contributed by atoms with E-state index in [1.54, 1.807) is 6.20 Å². The molecule has 4 heterocycles. The molecule has 2 unspecified atom stereocenters.